The molecule has 2 aromatic carbocycles. The molecule has 0 saturated carbocycles. The van der Waals surface area contributed by atoms with Crippen LogP contribution in [0.4, 0.5) is 4.79 Å². The number of carbonyl (C=O) groups is 1. The standard InChI is InChI=1S/C21H22N2O4/c1-26-21(25)23-11-9-15(10-12-23)19-18(20(24)22-27-19)13-16-7-4-6-14-5-2-3-8-17(14)16/h2-8,15H,9-13H2,1H3,(H,22,24). The molecule has 1 amide bonds. The molecule has 6 heteroatoms. The Labute approximate surface area is 156 Å². The lowest BCUT2D eigenvalue weighted by molar-refractivity contribution is 0.110. The van der Waals surface area contributed by atoms with Crippen LogP contribution in [-0.2, 0) is 11.2 Å². The molecule has 0 bridgehead atoms. The smallest absolute Gasteiger partial charge is 0.409 e. The Morgan fingerprint density at radius 3 is 2.70 bits per heavy atom. The van der Waals surface area contributed by atoms with Crippen molar-refractivity contribution in [3.8, 4) is 0 Å². The summed E-state index contributed by atoms with van der Waals surface area (Å²) in [6.45, 7) is 1.19. The highest BCUT2D eigenvalue weighted by molar-refractivity contribution is 5.85. The first kappa shape index (κ1) is 17.4. The minimum absolute atomic E-state index is 0.120. The number of ether oxygens (including phenoxy) is 1. The third-order valence-electron chi connectivity index (χ3n) is 5.37. The highest BCUT2D eigenvalue weighted by atomic mass is 16.5. The van der Waals surface area contributed by atoms with Gasteiger partial charge in [0.2, 0.25) is 0 Å². The van der Waals surface area contributed by atoms with E-state index in [9.17, 15) is 9.59 Å². The molecule has 0 unspecified atom stereocenters. The van der Waals surface area contributed by atoms with E-state index in [0.717, 1.165) is 34.9 Å². The fourth-order valence-electron chi connectivity index (χ4n) is 3.92. The van der Waals surface area contributed by atoms with Crippen molar-refractivity contribution in [2.24, 2.45) is 0 Å². The lowest BCUT2D eigenvalue weighted by Crippen LogP contribution is -2.37. The molecular formula is C21H22N2O4. The third-order valence-corrected chi connectivity index (χ3v) is 5.37. The zero-order chi connectivity index (χ0) is 18.8. The first-order valence-electron chi connectivity index (χ1n) is 9.17. The minimum atomic E-state index is -0.306. The van der Waals surface area contributed by atoms with E-state index in [1.807, 2.05) is 18.2 Å². The van der Waals surface area contributed by atoms with E-state index in [2.05, 4.69) is 29.4 Å². The van der Waals surface area contributed by atoms with Gasteiger partial charge in [-0.1, -0.05) is 42.5 Å². The fourth-order valence-corrected chi connectivity index (χ4v) is 3.92. The zero-order valence-electron chi connectivity index (χ0n) is 15.2. The number of nitrogens with one attached hydrogen (secondary N) is 1. The van der Waals surface area contributed by atoms with Gasteiger partial charge in [-0.2, -0.15) is 5.16 Å². The van der Waals surface area contributed by atoms with Gasteiger partial charge in [-0.25, -0.2) is 4.79 Å². The largest absolute Gasteiger partial charge is 0.453 e. The summed E-state index contributed by atoms with van der Waals surface area (Å²) in [6.07, 6.45) is 1.72. The highest BCUT2D eigenvalue weighted by Crippen LogP contribution is 2.31. The summed E-state index contributed by atoms with van der Waals surface area (Å²) in [5.41, 5.74) is 1.62. The van der Waals surface area contributed by atoms with Crippen LogP contribution in [0.25, 0.3) is 10.8 Å². The van der Waals surface area contributed by atoms with Crippen LogP contribution in [-0.4, -0.2) is 36.3 Å². The van der Waals surface area contributed by atoms with Gasteiger partial charge < -0.3 is 14.2 Å². The van der Waals surface area contributed by atoms with Crippen LogP contribution >= 0.6 is 0 Å². The monoisotopic (exact) mass is 366 g/mol. The van der Waals surface area contributed by atoms with Crippen molar-refractivity contribution in [2.45, 2.75) is 25.2 Å². The Morgan fingerprint density at radius 2 is 1.93 bits per heavy atom. The number of methoxy groups -OCH3 is 1. The predicted molar refractivity (Wildman–Crippen MR) is 102 cm³/mol. The molecule has 140 valence electrons. The van der Waals surface area contributed by atoms with E-state index in [1.54, 1.807) is 4.90 Å². The van der Waals surface area contributed by atoms with Crippen molar-refractivity contribution in [2.75, 3.05) is 20.2 Å². The number of hydrogen-bond acceptors (Lipinski definition) is 4. The molecule has 6 nitrogen and oxygen atoms in total. The lowest BCUT2D eigenvalue weighted by atomic mass is 9.90. The normalized spacial score (nSPS) is 15.2. The zero-order valence-corrected chi connectivity index (χ0v) is 15.2. The number of amides is 1. The molecule has 1 aliphatic heterocycles. The van der Waals surface area contributed by atoms with Crippen LogP contribution in [0.3, 0.4) is 0 Å². The van der Waals surface area contributed by atoms with Crippen molar-refractivity contribution in [3.05, 3.63) is 69.7 Å². The number of nitrogens with zero attached hydrogens (tertiary/aromatic N) is 1. The molecule has 0 atom stereocenters. The van der Waals surface area contributed by atoms with E-state index in [4.69, 9.17) is 9.26 Å². The molecule has 1 aromatic heterocycles. The van der Waals surface area contributed by atoms with Gasteiger partial charge in [-0.05, 0) is 29.2 Å². The van der Waals surface area contributed by atoms with Crippen molar-refractivity contribution >= 4 is 16.9 Å². The molecular weight excluding hydrogens is 344 g/mol. The second-order valence-corrected chi connectivity index (χ2v) is 6.92. The number of H-pyrrole nitrogens is 1. The Hall–Kier alpha value is -3.02. The quantitative estimate of drug-likeness (QED) is 0.768. The van der Waals surface area contributed by atoms with Gasteiger partial charge in [0, 0.05) is 25.4 Å². The van der Waals surface area contributed by atoms with Gasteiger partial charge in [0.1, 0.15) is 5.76 Å². The minimum Gasteiger partial charge on any atom is -0.453 e. The van der Waals surface area contributed by atoms with E-state index in [0.29, 0.717) is 25.1 Å². The molecule has 1 aliphatic rings. The van der Waals surface area contributed by atoms with Gasteiger partial charge in [-0.15, -0.1) is 0 Å². The molecule has 1 saturated heterocycles. The summed E-state index contributed by atoms with van der Waals surface area (Å²) in [4.78, 5) is 25.8. The number of benzene rings is 2. The molecule has 4 rings (SSSR count). The predicted octanol–water partition coefficient (Wildman–Crippen LogP) is 3.66. The number of hydrogen-bond donors (Lipinski definition) is 1. The maximum atomic E-state index is 12.4. The molecule has 2 heterocycles. The number of carbonyl (C=O) groups excluding carboxylic acids is 1. The summed E-state index contributed by atoms with van der Waals surface area (Å²) in [5, 5.41) is 4.81. The fraction of sp³-hybridized carbons (Fsp3) is 0.333. The van der Waals surface area contributed by atoms with Gasteiger partial charge in [-0.3, -0.25) is 4.79 Å². The van der Waals surface area contributed by atoms with Crippen molar-refractivity contribution < 1.29 is 14.1 Å². The number of aromatic amines is 1. The number of likely N-dealkylation sites (tertiary alicyclic amines) is 1. The SMILES string of the molecule is COC(=O)N1CCC(c2o[nH]c(=O)c2Cc2cccc3ccccc23)CC1. The molecule has 1 N–H and O–H groups in total. The Balaban J connectivity index is 1.60. The number of aromatic nitrogens is 1. The van der Waals surface area contributed by atoms with Crippen LogP contribution in [0.15, 0.2) is 51.8 Å². The van der Waals surface area contributed by atoms with Crippen LogP contribution in [0.5, 0.6) is 0 Å². The molecule has 0 spiro atoms. The highest BCUT2D eigenvalue weighted by Gasteiger charge is 2.29. The summed E-state index contributed by atoms with van der Waals surface area (Å²) in [6, 6.07) is 14.3. The summed E-state index contributed by atoms with van der Waals surface area (Å²) < 4.78 is 10.4. The molecule has 27 heavy (non-hydrogen) atoms. The van der Waals surface area contributed by atoms with Gasteiger partial charge in [0.15, 0.2) is 0 Å². The summed E-state index contributed by atoms with van der Waals surface area (Å²) in [5.74, 6) is 0.840. The Kier molecular flexibility index (Phi) is 4.71. The molecule has 0 aliphatic carbocycles. The number of piperidine rings is 1. The van der Waals surface area contributed by atoms with Gasteiger partial charge in [0.05, 0.1) is 12.7 Å². The van der Waals surface area contributed by atoms with Gasteiger partial charge >= 0.3 is 6.09 Å². The maximum Gasteiger partial charge on any atom is 0.409 e. The van der Waals surface area contributed by atoms with E-state index < -0.39 is 0 Å². The van der Waals surface area contributed by atoms with E-state index in [-0.39, 0.29) is 17.6 Å². The third kappa shape index (κ3) is 3.35. The average Bonchev–Trinajstić information content (AvgIpc) is 3.08. The van der Waals surface area contributed by atoms with Gasteiger partial charge in [0.25, 0.3) is 5.56 Å². The topological polar surface area (TPSA) is 75.5 Å². The summed E-state index contributed by atoms with van der Waals surface area (Å²) >= 11 is 0. The second-order valence-electron chi connectivity index (χ2n) is 6.92. The van der Waals surface area contributed by atoms with Crippen molar-refractivity contribution in [3.63, 3.8) is 0 Å². The first-order valence-corrected chi connectivity index (χ1v) is 9.17. The first-order chi connectivity index (χ1) is 13.2. The number of fused-ring (bicyclic) bond motifs is 1. The van der Waals surface area contributed by atoms with Crippen LogP contribution in [0.1, 0.15) is 35.6 Å². The summed E-state index contributed by atoms with van der Waals surface area (Å²) in [7, 11) is 1.39. The van der Waals surface area contributed by atoms with E-state index in [1.165, 1.54) is 7.11 Å². The molecule has 3 aromatic rings. The molecule has 1 fully saturated rings. The van der Waals surface area contributed by atoms with Crippen molar-refractivity contribution in [1.82, 2.24) is 10.1 Å². The van der Waals surface area contributed by atoms with Crippen molar-refractivity contribution in [1.29, 1.82) is 0 Å². The Morgan fingerprint density at radius 1 is 1.19 bits per heavy atom. The molecule has 0 radical (unpaired) electrons. The van der Waals surface area contributed by atoms with Crippen LogP contribution in [0.2, 0.25) is 0 Å². The van der Waals surface area contributed by atoms with Crippen LogP contribution in [0, 0.1) is 0 Å². The Bertz CT molecular complexity index is 1010. The van der Waals surface area contributed by atoms with Crippen LogP contribution < -0.4 is 5.56 Å². The van der Waals surface area contributed by atoms with E-state index >= 15 is 0 Å². The lowest BCUT2D eigenvalue weighted by Gasteiger charge is -2.30. The number of rotatable bonds is 3. The average molecular weight is 366 g/mol. The second kappa shape index (κ2) is 7.31. The maximum absolute atomic E-state index is 12.4.